The van der Waals surface area contributed by atoms with E-state index >= 15 is 0 Å². The van der Waals surface area contributed by atoms with Crippen LogP contribution in [0.5, 0.6) is 5.75 Å². The average molecular weight is 168 g/mol. The molecule has 0 saturated heterocycles. The summed E-state index contributed by atoms with van der Waals surface area (Å²) >= 11 is 0. The van der Waals surface area contributed by atoms with Crippen molar-refractivity contribution >= 4 is 0 Å². The molecule has 3 N–H and O–H groups in total. The van der Waals surface area contributed by atoms with Crippen LogP contribution in [-0.2, 0) is 6.42 Å². The fourth-order valence-corrected chi connectivity index (χ4v) is 0.960. The summed E-state index contributed by atoms with van der Waals surface area (Å²) in [6, 6.07) is 1.51. The normalized spacial score (nSPS) is 9.83. The molecule has 66 valence electrons. The second-order valence-corrected chi connectivity index (χ2v) is 2.43. The molecule has 1 heterocycles. The highest BCUT2D eigenvalue weighted by atomic mass is 16.5. The van der Waals surface area contributed by atoms with Gasteiger partial charge in [0.1, 0.15) is 0 Å². The number of hydrogen-bond acceptors (Lipinski definition) is 3. The largest absolute Gasteiger partial charge is 0.491 e. The van der Waals surface area contributed by atoms with Gasteiger partial charge in [0, 0.05) is 18.0 Å². The van der Waals surface area contributed by atoms with Crippen molar-refractivity contribution in [1.82, 2.24) is 4.98 Å². The number of nitrogens with two attached hydrogens (primary N) is 1. The highest BCUT2D eigenvalue weighted by Gasteiger charge is 1.98. The molecule has 4 heteroatoms. The fourth-order valence-electron chi connectivity index (χ4n) is 0.960. The van der Waals surface area contributed by atoms with Gasteiger partial charge in [-0.15, -0.1) is 0 Å². The zero-order chi connectivity index (χ0) is 8.97. The van der Waals surface area contributed by atoms with Crippen molar-refractivity contribution in [1.29, 1.82) is 0 Å². The molecular weight excluding hydrogens is 156 g/mol. The number of aromatic nitrogens is 1. The van der Waals surface area contributed by atoms with Gasteiger partial charge in [0.05, 0.1) is 7.11 Å². The second-order valence-electron chi connectivity index (χ2n) is 2.43. The Kier molecular flexibility index (Phi) is 2.88. The van der Waals surface area contributed by atoms with Crippen molar-refractivity contribution in [2.75, 3.05) is 13.7 Å². The summed E-state index contributed by atoms with van der Waals surface area (Å²) in [5, 5.41) is 0. The number of aromatic amines is 1. The highest BCUT2D eigenvalue weighted by Crippen LogP contribution is 2.00. The van der Waals surface area contributed by atoms with Crippen LogP contribution in [-0.4, -0.2) is 18.6 Å². The lowest BCUT2D eigenvalue weighted by Gasteiger charge is -2.00. The summed E-state index contributed by atoms with van der Waals surface area (Å²) < 4.78 is 4.80. The van der Waals surface area contributed by atoms with Gasteiger partial charge in [-0.3, -0.25) is 4.79 Å². The molecule has 0 fully saturated rings. The van der Waals surface area contributed by atoms with Crippen LogP contribution in [0.4, 0.5) is 0 Å². The van der Waals surface area contributed by atoms with Gasteiger partial charge in [-0.2, -0.15) is 0 Å². The third kappa shape index (κ3) is 1.85. The Bertz CT molecular complexity index is 306. The zero-order valence-corrected chi connectivity index (χ0v) is 6.96. The molecule has 0 aromatic carbocycles. The van der Waals surface area contributed by atoms with Crippen molar-refractivity contribution in [2.45, 2.75) is 6.42 Å². The maximum absolute atomic E-state index is 11.2. The average Bonchev–Trinajstić information content (AvgIpc) is 2.05. The van der Waals surface area contributed by atoms with E-state index in [0.717, 1.165) is 5.69 Å². The molecule has 0 saturated carbocycles. The Morgan fingerprint density at radius 3 is 2.92 bits per heavy atom. The first-order valence-electron chi connectivity index (χ1n) is 3.73. The van der Waals surface area contributed by atoms with E-state index in [9.17, 15) is 4.79 Å². The predicted molar refractivity (Wildman–Crippen MR) is 46.4 cm³/mol. The standard InChI is InChI=1S/C8H12N2O2/c1-12-8-5-10-6(2-3-9)4-7(8)11/h4-5H,2-3,9H2,1H3,(H,10,11). The monoisotopic (exact) mass is 168 g/mol. The van der Waals surface area contributed by atoms with Crippen LogP contribution in [0.2, 0.25) is 0 Å². The third-order valence-electron chi connectivity index (χ3n) is 1.57. The maximum atomic E-state index is 11.2. The molecule has 0 radical (unpaired) electrons. The molecule has 0 bridgehead atoms. The minimum atomic E-state index is -0.111. The Balaban J connectivity index is 2.94. The van der Waals surface area contributed by atoms with Gasteiger partial charge in [-0.05, 0) is 13.0 Å². The van der Waals surface area contributed by atoms with E-state index < -0.39 is 0 Å². The molecule has 12 heavy (non-hydrogen) atoms. The van der Waals surface area contributed by atoms with Crippen molar-refractivity contribution in [3.05, 3.63) is 28.2 Å². The Labute approximate surface area is 70.4 Å². The number of hydrogen-bond donors (Lipinski definition) is 2. The van der Waals surface area contributed by atoms with E-state index in [2.05, 4.69) is 4.98 Å². The summed E-state index contributed by atoms with van der Waals surface area (Å²) in [4.78, 5) is 14.1. The van der Waals surface area contributed by atoms with Gasteiger partial charge in [0.2, 0.25) is 5.43 Å². The van der Waals surface area contributed by atoms with E-state index in [0.29, 0.717) is 18.7 Å². The van der Waals surface area contributed by atoms with Crippen molar-refractivity contribution in [3.63, 3.8) is 0 Å². The number of pyridine rings is 1. The van der Waals surface area contributed by atoms with Gasteiger partial charge in [0.25, 0.3) is 0 Å². The molecule has 0 spiro atoms. The lowest BCUT2D eigenvalue weighted by atomic mass is 10.2. The molecule has 0 aliphatic carbocycles. The van der Waals surface area contributed by atoms with Gasteiger partial charge in [0.15, 0.2) is 5.75 Å². The topological polar surface area (TPSA) is 68.1 Å². The van der Waals surface area contributed by atoms with E-state index in [1.807, 2.05) is 0 Å². The van der Waals surface area contributed by atoms with E-state index in [-0.39, 0.29) is 5.43 Å². The van der Waals surface area contributed by atoms with E-state index in [4.69, 9.17) is 10.5 Å². The summed E-state index contributed by atoms with van der Waals surface area (Å²) in [6.45, 7) is 0.530. The van der Waals surface area contributed by atoms with Crippen LogP contribution in [0.15, 0.2) is 17.1 Å². The Morgan fingerprint density at radius 1 is 1.67 bits per heavy atom. The first-order valence-corrected chi connectivity index (χ1v) is 3.73. The lowest BCUT2D eigenvalue weighted by molar-refractivity contribution is 0.408. The van der Waals surface area contributed by atoms with Gasteiger partial charge in [-0.25, -0.2) is 0 Å². The molecule has 0 aliphatic heterocycles. The van der Waals surface area contributed by atoms with Crippen molar-refractivity contribution in [2.24, 2.45) is 5.73 Å². The maximum Gasteiger partial charge on any atom is 0.223 e. The summed E-state index contributed by atoms with van der Waals surface area (Å²) in [5.74, 6) is 0.329. The van der Waals surface area contributed by atoms with Crippen molar-refractivity contribution < 1.29 is 4.74 Å². The molecule has 0 atom stereocenters. The van der Waals surface area contributed by atoms with Crippen LogP contribution in [0.25, 0.3) is 0 Å². The van der Waals surface area contributed by atoms with Crippen LogP contribution < -0.4 is 15.9 Å². The third-order valence-corrected chi connectivity index (χ3v) is 1.57. The van der Waals surface area contributed by atoms with Gasteiger partial charge in [-0.1, -0.05) is 0 Å². The van der Waals surface area contributed by atoms with Gasteiger partial charge >= 0.3 is 0 Å². The molecule has 1 aromatic rings. The minimum absolute atomic E-state index is 0.111. The Morgan fingerprint density at radius 2 is 2.42 bits per heavy atom. The smallest absolute Gasteiger partial charge is 0.223 e. The summed E-state index contributed by atoms with van der Waals surface area (Å²) in [7, 11) is 1.47. The lowest BCUT2D eigenvalue weighted by Crippen LogP contribution is -2.10. The highest BCUT2D eigenvalue weighted by molar-refractivity contribution is 5.20. The van der Waals surface area contributed by atoms with Crippen molar-refractivity contribution in [3.8, 4) is 5.75 Å². The quantitative estimate of drug-likeness (QED) is 0.661. The first kappa shape index (κ1) is 8.80. The summed E-state index contributed by atoms with van der Waals surface area (Å²) in [6.07, 6.45) is 2.23. The van der Waals surface area contributed by atoms with Crippen LogP contribution >= 0.6 is 0 Å². The minimum Gasteiger partial charge on any atom is -0.491 e. The molecule has 1 aromatic heterocycles. The summed E-state index contributed by atoms with van der Waals surface area (Å²) in [5.41, 5.74) is 6.05. The van der Waals surface area contributed by atoms with Crippen LogP contribution in [0.3, 0.4) is 0 Å². The van der Waals surface area contributed by atoms with E-state index in [1.54, 1.807) is 6.20 Å². The fraction of sp³-hybridized carbons (Fsp3) is 0.375. The van der Waals surface area contributed by atoms with E-state index in [1.165, 1.54) is 13.2 Å². The molecule has 0 amide bonds. The number of rotatable bonds is 3. The van der Waals surface area contributed by atoms with Crippen LogP contribution in [0, 0.1) is 0 Å². The van der Waals surface area contributed by atoms with Crippen LogP contribution in [0.1, 0.15) is 5.69 Å². The SMILES string of the molecule is COc1c[nH]c(CCN)cc1=O. The number of H-pyrrole nitrogens is 1. The molecule has 1 rings (SSSR count). The predicted octanol–water partition coefficient (Wildman–Crippen LogP) is -0.115. The van der Waals surface area contributed by atoms with Gasteiger partial charge < -0.3 is 15.5 Å². The number of nitrogens with one attached hydrogen (secondary N) is 1. The first-order chi connectivity index (χ1) is 5.77. The number of ether oxygens (including phenoxy) is 1. The molecule has 0 aliphatic rings. The molecule has 4 nitrogen and oxygen atoms in total. The Hall–Kier alpha value is -1.29. The number of methoxy groups -OCH3 is 1. The molecular formula is C8H12N2O2. The zero-order valence-electron chi connectivity index (χ0n) is 6.96. The molecule has 0 unspecified atom stereocenters. The second kappa shape index (κ2) is 3.92.